The van der Waals surface area contributed by atoms with Crippen LogP contribution in [0.5, 0.6) is 0 Å². The summed E-state index contributed by atoms with van der Waals surface area (Å²) in [6, 6.07) is 0. The van der Waals surface area contributed by atoms with Gasteiger partial charge in [-0.3, -0.25) is 14.8 Å². The third-order valence-electron chi connectivity index (χ3n) is 2.35. The number of aliphatic hydroxyl groups excluding tert-OH is 2. The summed E-state index contributed by atoms with van der Waals surface area (Å²) in [5.41, 5.74) is -0.115. The van der Waals surface area contributed by atoms with Gasteiger partial charge in [0.25, 0.3) is 0 Å². The normalized spacial score (nSPS) is 14.3. The summed E-state index contributed by atoms with van der Waals surface area (Å²) in [4.78, 5) is 9.90. The van der Waals surface area contributed by atoms with E-state index in [1.54, 1.807) is 0 Å². The lowest BCUT2D eigenvalue weighted by molar-refractivity contribution is -0.385. The van der Waals surface area contributed by atoms with Gasteiger partial charge in [-0.2, -0.15) is 5.10 Å². The maximum absolute atomic E-state index is 10.4. The second kappa shape index (κ2) is 7.79. The number of nitrogens with one attached hydrogen (secondary N) is 1. The van der Waals surface area contributed by atoms with Crippen molar-refractivity contribution in [1.82, 2.24) is 15.1 Å². The average molecular weight is 274 g/mol. The Bertz CT molecular complexity index is 397. The first-order valence-electron chi connectivity index (χ1n) is 5.75. The summed E-state index contributed by atoms with van der Waals surface area (Å²) in [5, 5.41) is 36.1. The second-order valence-corrected chi connectivity index (χ2v) is 4.10. The minimum Gasteiger partial charge on any atom is -0.390 e. The third-order valence-corrected chi connectivity index (χ3v) is 2.35. The Labute approximate surface area is 109 Å². The van der Waals surface area contributed by atoms with E-state index in [1.807, 2.05) is 0 Å². The van der Waals surface area contributed by atoms with Gasteiger partial charge in [-0.15, -0.1) is 0 Å². The number of nitrogens with zero attached hydrogens (tertiary/aromatic N) is 3. The molecule has 0 spiro atoms. The fourth-order valence-corrected chi connectivity index (χ4v) is 1.50. The fourth-order valence-electron chi connectivity index (χ4n) is 1.50. The molecular weight excluding hydrogens is 256 g/mol. The smallest absolute Gasteiger partial charge is 0.306 e. The van der Waals surface area contributed by atoms with Gasteiger partial charge >= 0.3 is 5.69 Å². The molecule has 3 N–H and O–H groups in total. The van der Waals surface area contributed by atoms with Gasteiger partial charge < -0.3 is 20.3 Å². The Morgan fingerprint density at radius 3 is 2.79 bits per heavy atom. The van der Waals surface area contributed by atoms with Gasteiger partial charge in [0.1, 0.15) is 12.4 Å². The van der Waals surface area contributed by atoms with E-state index >= 15 is 0 Å². The first-order chi connectivity index (χ1) is 9.02. The Balaban J connectivity index is 2.26. The SMILES string of the molecule is COCC(O)CNCC(O)Cn1cc([N+](=O)[O-])cn1. The fraction of sp³-hybridized carbons (Fsp3) is 0.700. The van der Waals surface area contributed by atoms with Gasteiger partial charge in [0, 0.05) is 20.2 Å². The highest BCUT2D eigenvalue weighted by Crippen LogP contribution is 2.07. The van der Waals surface area contributed by atoms with E-state index in [2.05, 4.69) is 10.4 Å². The molecule has 19 heavy (non-hydrogen) atoms. The monoisotopic (exact) mass is 274 g/mol. The molecule has 9 nitrogen and oxygen atoms in total. The quantitative estimate of drug-likeness (QED) is 0.380. The van der Waals surface area contributed by atoms with Crippen molar-refractivity contribution < 1.29 is 19.9 Å². The maximum Gasteiger partial charge on any atom is 0.306 e. The predicted molar refractivity (Wildman–Crippen MR) is 65.6 cm³/mol. The highest BCUT2D eigenvalue weighted by atomic mass is 16.6. The van der Waals surface area contributed by atoms with E-state index in [4.69, 9.17) is 4.74 Å². The molecule has 9 heteroatoms. The van der Waals surface area contributed by atoms with Gasteiger partial charge in [0.15, 0.2) is 0 Å². The second-order valence-electron chi connectivity index (χ2n) is 4.10. The first-order valence-corrected chi connectivity index (χ1v) is 5.75. The van der Waals surface area contributed by atoms with Crippen molar-refractivity contribution in [2.24, 2.45) is 0 Å². The van der Waals surface area contributed by atoms with Crippen molar-refractivity contribution in [3.63, 3.8) is 0 Å². The lowest BCUT2D eigenvalue weighted by atomic mass is 10.3. The lowest BCUT2D eigenvalue weighted by Crippen LogP contribution is -2.36. The molecule has 0 saturated carbocycles. The molecule has 0 aliphatic carbocycles. The Morgan fingerprint density at radius 1 is 1.53 bits per heavy atom. The van der Waals surface area contributed by atoms with Crippen LogP contribution in [0.4, 0.5) is 5.69 Å². The summed E-state index contributed by atoms with van der Waals surface area (Å²) in [7, 11) is 1.49. The Kier molecular flexibility index (Phi) is 6.36. The standard InChI is InChI=1S/C10H18N4O5/c1-19-7-10(16)4-11-3-9(15)6-13-5-8(2-12-13)14(17)18/h2,5,9-11,15-16H,3-4,6-7H2,1H3. The number of ether oxygens (including phenoxy) is 1. The van der Waals surface area contributed by atoms with Gasteiger partial charge in [-0.05, 0) is 0 Å². The predicted octanol–water partition coefficient (Wildman–Crippen LogP) is -1.25. The topological polar surface area (TPSA) is 123 Å². The van der Waals surface area contributed by atoms with E-state index in [1.165, 1.54) is 18.0 Å². The van der Waals surface area contributed by atoms with Gasteiger partial charge in [0.05, 0.1) is 30.3 Å². The van der Waals surface area contributed by atoms with E-state index in [-0.39, 0.29) is 25.4 Å². The van der Waals surface area contributed by atoms with Crippen LogP contribution in [0.2, 0.25) is 0 Å². The lowest BCUT2D eigenvalue weighted by Gasteiger charge is -2.14. The zero-order chi connectivity index (χ0) is 14.3. The highest BCUT2D eigenvalue weighted by Gasteiger charge is 2.12. The zero-order valence-electron chi connectivity index (χ0n) is 10.6. The van der Waals surface area contributed by atoms with Crippen LogP contribution < -0.4 is 5.32 Å². The average Bonchev–Trinajstić information content (AvgIpc) is 2.78. The van der Waals surface area contributed by atoms with Crippen LogP contribution in [0, 0.1) is 10.1 Å². The number of nitro groups is 1. The van der Waals surface area contributed by atoms with E-state index in [0.29, 0.717) is 6.54 Å². The minimum absolute atomic E-state index is 0.115. The molecule has 1 aromatic rings. The van der Waals surface area contributed by atoms with E-state index in [9.17, 15) is 20.3 Å². The molecule has 0 bridgehead atoms. The number of hydrogen-bond donors (Lipinski definition) is 3. The number of methoxy groups -OCH3 is 1. The minimum atomic E-state index is -0.755. The van der Waals surface area contributed by atoms with Gasteiger partial charge in [0.2, 0.25) is 0 Å². The Morgan fingerprint density at radius 2 is 2.21 bits per heavy atom. The summed E-state index contributed by atoms with van der Waals surface area (Å²) in [6.45, 7) is 0.897. The molecule has 2 unspecified atom stereocenters. The summed E-state index contributed by atoms with van der Waals surface area (Å²) in [5.74, 6) is 0. The van der Waals surface area contributed by atoms with Crippen molar-refractivity contribution in [3.8, 4) is 0 Å². The summed E-state index contributed by atoms with van der Waals surface area (Å²) in [6.07, 6.45) is 0.989. The number of rotatable bonds is 9. The molecule has 1 rings (SSSR count). The molecule has 0 aliphatic heterocycles. The van der Waals surface area contributed by atoms with Crippen LogP contribution in [-0.2, 0) is 11.3 Å². The maximum atomic E-state index is 10.4. The van der Waals surface area contributed by atoms with Crippen LogP contribution in [0.3, 0.4) is 0 Å². The van der Waals surface area contributed by atoms with Crippen molar-refractivity contribution in [1.29, 1.82) is 0 Å². The van der Waals surface area contributed by atoms with Crippen molar-refractivity contribution >= 4 is 5.69 Å². The third kappa shape index (κ3) is 5.75. The van der Waals surface area contributed by atoms with Crippen LogP contribution in [0.1, 0.15) is 0 Å². The number of aliphatic hydroxyl groups is 2. The molecule has 1 aromatic heterocycles. The van der Waals surface area contributed by atoms with E-state index < -0.39 is 17.1 Å². The highest BCUT2D eigenvalue weighted by molar-refractivity contribution is 5.20. The molecule has 0 saturated heterocycles. The van der Waals surface area contributed by atoms with Gasteiger partial charge in [-0.1, -0.05) is 0 Å². The number of aromatic nitrogens is 2. The Hall–Kier alpha value is -1.55. The van der Waals surface area contributed by atoms with Crippen molar-refractivity contribution in [2.75, 3.05) is 26.8 Å². The number of hydrogen-bond acceptors (Lipinski definition) is 7. The summed E-state index contributed by atoms with van der Waals surface area (Å²) >= 11 is 0. The molecule has 0 amide bonds. The molecule has 0 radical (unpaired) electrons. The van der Waals surface area contributed by atoms with E-state index in [0.717, 1.165) is 6.20 Å². The van der Waals surface area contributed by atoms with Crippen LogP contribution in [0.15, 0.2) is 12.4 Å². The summed E-state index contributed by atoms with van der Waals surface area (Å²) < 4.78 is 6.05. The molecule has 1 heterocycles. The van der Waals surface area contributed by atoms with Crippen LogP contribution in [-0.4, -0.2) is 63.9 Å². The first kappa shape index (κ1) is 15.5. The molecule has 108 valence electrons. The van der Waals surface area contributed by atoms with Crippen molar-refractivity contribution in [2.45, 2.75) is 18.8 Å². The zero-order valence-corrected chi connectivity index (χ0v) is 10.6. The molecular formula is C10H18N4O5. The molecule has 0 aromatic carbocycles. The molecule has 0 fully saturated rings. The largest absolute Gasteiger partial charge is 0.390 e. The van der Waals surface area contributed by atoms with Crippen LogP contribution >= 0.6 is 0 Å². The van der Waals surface area contributed by atoms with Crippen LogP contribution in [0.25, 0.3) is 0 Å². The van der Waals surface area contributed by atoms with Gasteiger partial charge in [-0.25, -0.2) is 0 Å². The molecule has 0 aliphatic rings. The molecule has 2 atom stereocenters. The van der Waals surface area contributed by atoms with Crippen molar-refractivity contribution in [3.05, 3.63) is 22.5 Å².